The Balaban J connectivity index is 1.58. The van der Waals surface area contributed by atoms with E-state index in [9.17, 15) is 0 Å². The van der Waals surface area contributed by atoms with Crippen LogP contribution in [0.25, 0.3) is 20.5 Å². The minimum absolute atomic E-state index is 0.451. The summed E-state index contributed by atoms with van der Waals surface area (Å²) in [4.78, 5) is 11.7. The zero-order valence-electron chi connectivity index (χ0n) is 10.7. The van der Waals surface area contributed by atoms with Crippen LogP contribution in [0.15, 0.2) is 46.8 Å². The third kappa shape index (κ3) is 2.50. The molecule has 0 saturated heterocycles. The zero-order chi connectivity index (χ0) is 14.1. The van der Waals surface area contributed by atoms with Crippen molar-refractivity contribution in [1.29, 1.82) is 0 Å². The van der Waals surface area contributed by atoms with E-state index < -0.39 is 0 Å². The van der Waals surface area contributed by atoms with Crippen molar-refractivity contribution in [2.75, 3.05) is 0 Å². The molecular weight excluding hydrogens is 306 g/mol. The van der Waals surface area contributed by atoms with E-state index in [1.165, 1.54) is 16.1 Å². The molecule has 0 N–H and O–H groups in total. The minimum Gasteiger partial charge on any atom is -0.333 e. The Morgan fingerprint density at radius 2 is 2.10 bits per heavy atom. The summed E-state index contributed by atoms with van der Waals surface area (Å²) in [7, 11) is 0. The van der Waals surface area contributed by atoms with E-state index in [4.69, 9.17) is 4.52 Å². The molecule has 0 spiro atoms. The van der Waals surface area contributed by atoms with Crippen LogP contribution in [-0.4, -0.2) is 24.9 Å². The first kappa shape index (κ1) is 12.4. The fourth-order valence-corrected chi connectivity index (χ4v) is 3.64. The van der Waals surface area contributed by atoms with Gasteiger partial charge in [-0.15, -0.1) is 22.7 Å². The van der Waals surface area contributed by atoms with Crippen molar-refractivity contribution in [1.82, 2.24) is 24.9 Å². The van der Waals surface area contributed by atoms with Crippen LogP contribution >= 0.6 is 22.7 Å². The van der Waals surface area contributed by atoms with Crippen LogP contribution in [0.2, 0.25) is 0 Å². The molecule has 0 unspecified atom stereocenters. The van der Waals surface area contributed by atoms with Gasteiger partial charge >= 0.3 is 0 Å². The Bertz CT molecular complexity index is 832. The van der Waals surface area contributed by atoms with Gasteiger partial charge in [0.25, 0.3) is 5.89 Å². The van der Waals surface area contributed by atoms with Crippen LogP contribution in [-0.2, 0) is 6.54 Å². The summed E-state index contributed by atoms with van der Waals surface area (Å²) >= 11 is 3.36. The molecule has 0 saturated carbocycles. The first-order valence-electron chi connectivity index (χ1n) is 6.17. The Labute approximate surface area is 127 Å². The van der Waals surface area contributed by atoms with E-state index in [-0.39, 0.29) is 0 Å². The second-order valence-electron chi connectivity index (χ2n) is 4.25. The quantitative estimate of drug-likeness (QED) is 0.578. The molecule has 0 aliphatic heterocycles. The van der Waals surface area contributed by atoms with Gasteiger partial charge in [-0.25, -0.2) is 9.67 Å². The topological polar surface area (TPSA) is 69.6 Å². The Kier molecular flexibility index (Phi) is 3.09. The van der Waals surface area contributed by atoms with Gasteiger partial charge in [-0.05, 0) is 23.6 Å². The Morgan fingerprint density at radius 1 is 1.14 bits per heavy atom. The normalized spacial score (nSPS) is 11.0. The fraction of sp³-hybridized carbons (Fsp3) is 0.0769. The van der Waals surface area contributed by atoms with E-state index in [0.29, 0.717) is 18.3 Å². The highest BCUT2D eigenvalue weighted by Gasteiger charge is 2.13. The lowest BCUT2D eigenvalue weighted by molar-refractivity contribution is 0.419. The molecule has 0 amide bonds. The van der Waals surface area contributed by atoms with Crippen LogP contribution in [0.5, 0.6) is 0 Å². The van der Waals surface area contributed by atoms with Gasteiger partial charge in [-0.3, -0.25) is 0 Å². The van der Waals surface area contributed by atoms with Gasteiger partial charge in [0.15, 0.2) is 5.82 Å². The van der Waals surface area contributed by atoms with E-state index in [0.717, 1.165) is 4.88 Å². The summed E-state index contributed by atoms with van der Waals surface area (Å²) in [6.45, 7) is 0.451. The maximum absolute atomic E-state index is 5.32. The predicted molar refractivity (Wildman–Crippen MR) is 80.0 cm³/mol. The van der Waals surface area contributed by atoms with Crippen LogP contribution in [0.3, 0.4) is 0 Å². The molecule has 0 bridgehead atoms. The van der Waals surface area contributed by atoms with Gasteiger partial charge in [0.2, 0.25) is 0 Å². The molecule has 0 atom stereocenters. The third-order valence-corrected chi connectivity index (χ3v) is 4.96. The van der Waals surface area contributed by atoms with Crippen molar-refractivity contribution in [2.45, 2.75) is 6.54 Å². The van der Waals surface area contributed by atoms with E-state index in [1.807, 2.05) is 12.1 Å². The molecule has 0 radical (unpaired) electrons. The zero-order valence-corrected chi connectivity index (χ0v) is 12.3. The lowest BCUT2D eigenvalue weighted by Gasteiger charge is -1.91. The first-order chi connectivity index (χ1) is 10.4. The fourth-order valence-electron chi connectivity index (χ4n) is 1.88. The molecule has 21 heavy (non-hydrogen) atoms. The highest BCUT2D eigenvalue weighted by Crippen LogP contribution is 2.35. The smallest absolute Gasteiger partial charge is 0.268 e. The van der Waals surface area contributed by atoms with Gasteiger partial charge in [0, 0.05) is 9.75 Å². The van der Waals surface area contributed by atoms with E-state index >= 15 is 0 Å². The van der Waals surface area contributed by atoms with E-state index in [1.54, 1.807) is 33.7 Å². The SMILES string of the molecule is c1csc(-c2ccc(-c3nc(Cn4cncn4)no3)s2)c1. The highest BCUT2D eigenvalue weighted by molar-refractivity contribution is 7.23. The molecule has 0 fully saturated rings. The molecule has 4 aromatic heterocycles. The largest absolute Gasteiger partial charge is 0.333 e. The molecule has 0 aromatic carbocycles. The lowest BCUT2D eigenvalue weighted by Crippen LogP contribution is -2.01. The van der Waals surface area contributed by atoms with Crippen molar-refractivity contribution in [3.63, 3.8) is 0 Å². The molecule has 4 heterocycles. The predicted octanol–water partition coefficient (Wildman–Crippen LogP) is 3.17. The van der Waals surface area contributed by atoms with Gasteiger partial charge < -0.3 is 4.52 Å². The van der Waals surface area contributed by atoms with Gasteiger partial charge in [-0.2, -0.15) is 10.1 Å². The van der Waals surface area contributed by atoms with Gasteiger partial charge in [0.05, 0.1) is 4.88 Å². The molecule has 8 heteroatoms. The van der Waals surface area contributed by atoms with Crippen molar-refractivity contribution in [2.24, 2.45) is 0 Å². The average Bonchev–Trinajstić information content (AvgIpc) is 3.28. The lowest BCUT2D eigenvalue weighted by atomic mass is 10.4. The van der Waals surface area contributed by atoms with Gasteiger partial charge in [0.1, 0.15) is 19.2 Å². The average molecular weight is 315 g/mol. The number of nitrogens with zero attached hydrogens (tertiary/aromatic N) is 5. The van der Waals surface area contributed by atoms with Crippen molar-refractivity contribution < 1.29 is 4.52 Å². The summed E-state index contributed by atoms with van der Waals surface area (Å²) in [6, 6.07) is 8.23. The number of thiophene rings is 2. The summed E-state index contributed by atoms with van der Waals surface area (Å²) < 4.78 is 6.97. The standard InChI is InChI=1S/C13H9N5OS2/c1-2-9(20-5-1)10-3-4-11(21-10)13-16-12(17-19-13)6-18-8-14-7-15-18/h1-5,7-8H,6H2. The summed E-state index contributed by atoms with van der Waals surface area (Å²) in [5.41, 5.74) is 0. The maximum Gasteiger partial charge on any atom is 0.268 e. The minimum atomic E-state index is 0.451. The molecule has 4 rings (SSSR count). The Hall–Kier alpha value is -2.32. The monoisotopic (exact) mass is 315 g/mol. The summed E-state index contributed by atoms with van der Waals surface area (Å²) in [6.07, 6.45) is 3.10. The first-order valence-corrected chi connectivity index (χ1v) is 7.87. The summed E-state index contributed by atoms with van der Waals surface area (Å²) in [5, 5.41) is 10.1. The van der Waals surface area contributed by atoms with Crippen LogP contribution < -0.4 is 0 Å². The molecule has 0 aliphatic carbocycles. The number of hydrogen-bond acceptors (Lipinski definition) is 7. The maximum atomic E-state index is 5.32. The van der Waals surface area contributed by atoms with Gasteiger partial charge in [-0.1, -0.05) is 11.2 Å². The van der Waals surface area contributed by atoms with Crippen molar-refractivity contribution in [3.05, 3.63) is 48.1 Å². The van der Waals surface area contributed by atoms with Crippen LogP contribution in [0.4, 0.5) is 0 Å². The second-order valence-corrected chi connectivity index (χ2v) is 6.28. The second kappa shape index (κ2) is 5.23. The van der Waals surface area contributed by atoms with E-state index in [2.05, 4.69) is 37.7 Å². The summed E-state index contributed by atoms with van der Waals surface area (Å²) in [5.74, 6) is 1.12. The number of rotatable bonds is 4. The van der Waals surface area contributed by atoms with Crippen molar-refractivity contribution in [3.8, 4) is 20.5 Å². The number of hydrogen-bond donors (Lipinski definition) is 0. The number of aromatic nitrogens is 5. The van der Waals surface area contributed by atoms with Crippen molar-refractivity contribution >= 4 is 22.7 Å². The Morgan fingerprint density at radius 3 is 2.90 bits per heavy atom. The highest BCUT2D eigenvalue weighted by atomic mass is 32.1. The molecule has 104 valence electrons. The molecule has 0 aliphatic rings. The molecule has 4 aromatic rings. The van der Waals surface area contributed by atoms with Crippen LogP contribution in [0.1, 0.15) is 5.82 Å². The molecular formula is C13H9N5OS2. The third-order valence-electron chi connectivity index (χ3n) is 2.82. The van der Waals surface area contributed by atoms with Crippen LogP contribution in [0, 0.1) is 0 Å². The molecule has 6 nitrogen and oxygen atoms in total.